The highest BCUT2D eigenvalue weighted by Gasteiger charge is 2.14. The number of nitro benzene ring substituents is 1. The Morgan fingerprint density at radius 1 is 1.12 bits per heavy atom. The number of nitro groups is 1. The third-order valence-corrected chi connectivity index (χ3v) is 5.80. The molecule has 0 fully saturated rings. The molecule has 1 heterocycles. The molecule has 0 saturated heterocycles. The van der Waals surface area contributed by atoms with Crippen molar-refractivity contribution < 1.29 is 14.5 Å². The van der Waals surface area contributed by atoms with Crippen molar-refractivity contribution in [3.05, 3.63) is 70.0 Å². The van der Waals surface area contributed by atoms with Gasteiger partial charge >= 0.3 is 0 Å². The van der Waals surface area contributed by atoms with Gasteiger partial charge in [-0.1, -0.05) is 23.9 Å². The number of hydrogen-bond acceptors (Lipinski definition) is 7. The predicted molar refractivity (Wildman–Crippen MR) is 123 cm³/mol. The van der Waals surface area contributed by atoms with Gasteiger partial charge in [0.05, 0.1) is 17.8 Å². The summed E-state index contributed by atoms with van der Waals surface area (Å²) in [5, 5.41) is 22.7. The van der Waals surface area contributed by atoms with Gasteiger partial charge in [0.25, 0.3) is 5.69 Å². The fourth-order valence-electron chi connectivity index (χ4n) is 3.16. The third-order valence-electron chi connectivity index (χ3n) is 4.83. The average molecular weight is 456 g/mol. The van der Waals surface area contributed by atoms with E-state index in [4.69, 9.17) is 4.74 Å². The topological polar surface area (TPSA) is 112 Å². The Morgan fingerprint density at radius 2 is 1.84 bits per heavy atom. The van der Waals surface area contributed by atoms with Crippen LogP contribution in [0.4, 0.5) is 11.4 Å². The number of carbonyl (C=O) groups is 1. The summed E-state index contributed by atoms with van der Waals surface area (Å²) >= 11 is 1.32. The van der Waals surface area contributed by atoms with Gasteiger partial charge in [0, 0.05) is 30.8 Å². The number of aromatic nitrogens is 3. The highest BCUT2D eigenvalue weighted by Crippen LogP contribution is 2.20. The lowest BCUT2D eigenvalue weighted by molar-refractivity contribution is -0.384. The van der Waals surface area contributed by atoms with E-state index in [0.717, 1.165) is 37.4 Å². The summed E-state index contributed by atoms with van der Waals surface area (Å²) in [6.07, 6.45) is 2.67. The molecule has 3 rings (SSSR count). The van der Waals surface area contributed by atoms with Crippen molar-refractivity contribution in [3.63, 3.8) is 0 Å². The lowest BCUT2D eigenvalue weighted by atomic mass is 10.1. The van der Waals surface area contributed by atoms with E-state index < -0.39 is 4.92 Å². The zero-order valence-electron chi connectivity index (χ0n) is 18.0. The number of non-ortho nitro benzene ring substituents is 1. The fourth-order valence-corrected chi connectivity index (χ4v) is 3.99. The summed E-state index contributed by atoms with van der Waals surface area (Å²) in [5.41, 5.74) is 1.73. The molecule has 3 aromatic rings. The average Bonchev–Trinajstić information content (AvgIpc) is 3.20. The molecule has 1 N–H and O–H groups in total. The SMILES string of the molecule is CCn1c(CCCc2ccc(OC)cc2)nnc1SCC(=O)Nc1ccc([N+](=O)[O-])cc1. The fraction of sp³-hybridized carbons (Fsp3) is 0.318. The molecule has 0 atom stereocenters. The Hall–Kier alpha value is -3.40. The first-order chi connectivity index (χ1) is 15.5. The molecule has 0 unspecified atom stereocenters. The number of amides is 1. The van der Waals surface area contributed by atoms with Crippen LogP contribution in [0.1, 0.15) is 24.7 Å². The van der Waals surface area contributed by atoms with Gasteiger partial charge in [-0.15, -0.1) is 10.2 Å². The highest BCUT2D eigenvalue weighted by atomic mass is 32.2. The van der Waals surface area contributed by atoms with E-state index in [1.165, 1.54) is 41.6 Å². The molecule has 2 aromatic carbocycles. The molecule has 32 heavy (non-hydrogen) atoms. The highest BCUT2D eigenvalue weighted by molar-refractivity contribution is 7.99. The van der Waals surface area contributed by atoms with Gasteiger partial charge in [-0.3, -0.25) is 14.9 Å². The molecule has 0 saturated carbocycles. The second-order valence-electron chi connectivity index (χ2n) is 6.99. The first-order valence-electron chi connectivity index (χ1n) is 10.2. The number of thioether (sulfide) groups is 1. The Bertz CT molecular complexity index is 1050. The maximum absolute atomic E-state index is 12.3. The maximum atomic E-state index is 12.3. The number of nitrogens with zero attached hydrogens (tertiary/aromatic N) is 4. The zero-order valence-corrected chi connectivity index (χ0v) is 18.8. The van der Waals surface area contributed by atoms with Crippen molar-refractivity contribution in [3.8, 4) is 5.75 Å². The van der Waals surface area contributed by atoms with E-state index in [2.05, 4.69) is 27.6 Å². The van der Waals surface area contributed by atoms with Crippen molar-refractivity contribution in [2.24, 2.45) is 0 Å². The van der Waals surface area contributed by atoms with E-state index >= 15 is 0 Å². The monoisotopic (exact) mass is 455 g/mol. The summed E-state index contributed by atoms with van der Waals surface area (Å²) in [4.78, 5) is 22.5. The molecule has 10 heteroatoms. The van der Waals surface area contributed by atoms with Gasteiger partial charge in [0.15, 0.2) is 5.16 Å². The minimum Gasteiger partial charge on any atom is -0.497 e. The van der Waals surface area contributed by atoms with Gasteiger partial charge < -0.3 is 14.6 Å². The van der Waals surface area contributed by atoms with Gasteiger partial charge in [0.2, 0.25) is 5.91 Å². The van der Waals surface area contributed by atoms with E-state index in [9.17, 15) is 14.9 Å². The van der Waals surface area contributed by atoms with E-state index in [-0.39, 0.29) is 17.3 Å². The third kappa shape index (κ3) is 6.30. The van der Waals surface area contributed by atoms with Gasteiger partial charge in [-0.25, -0.2) is 0 Å². The molecule has 0 aliphatic carbocycles. The molecule has 168 valence electrons. The largest absolute Gasteiger partial charge is 0.497 e. The van der Waals surface area contributed by atoms with Crippen molar-refractivity contribution in [2.45, 2.75) is 37.9 Å². The Balaban J connectivity index is 1.50. The lowest BCUT2D eigenvalue weighted by Crippen LogP contribution is -2.14. The Kier molecular flexibility index (Phi) is 8.20. The van der Waals surface area contributed by atoms with Crippen molar-refractivity contribution >= 4 is 29.0 Å². The number of aryl methyl sites for hydroxylation is 2. The van der Waals surface area contributed by atoms with Crippen LogP contribution in [-0.2, 0) is 24.2 Å². The van der Waals surface area contributed by atoms with Crippen molar-refractivity contribution in [1.82, 2.24) is 14.8 Å². The summed E-state index contributed by atoms with van der Waals surface area (Å²) in [7, 11) is 1.65. The quantitative estimate of drug-likeness (QED) is 0.263. The number of carbonyl (C=O) groups excluding carboxylic acids is 1. The summed E-state index contributed by atoms with van der Waals surface area (Å²) in [6.45, 7) is 2.74. The normalized spacial score (nSPS) is 10.7. The molecule has 9 nitrogen and oxygen atoms in total. The number of rotatable bonds is 11. The van der Waals surface area contributed by atoms with E-state index in [1.807, 2.05) is 23.6 Å². The van der Waals surface area contributed by atoms with Crippen LogP contribution in [0.5, 0.6) is 5.75 Å². The standard InChI is InChI=1S/C22H25N5O4S/c1-3-26-20(6-4-5-16-7-13-19(31-2)14-8-16)24-25-22(26)32-15-21(28)23-17-9-11-18(12-10-17)27(29)30/h7-14H,3-6,15H2,1-2H3,(H,23,28). The minimum absolute atomic E-state index is 0.0204. The lowest BCUT2D eigenvalue weighted by Gasteiger charge is -2.08. The minimum atomic E-state index is -0.479. The van der Waals surface area contributed by atoms with E-state index in [1.54, 1.807) is 7.11 Å². The van der Waals surface area contributed by atoms with E-state index in [0.29, 0.717) is 10.8 Å². The zero-order chi connectivity index (χ0) is 22.9. The molecule has 1 amide bonds. The van der Waals surface area contributed by atoms with Crippen LogP contribution in [0.25, 0.3) is 0 Å². The number of methoxy groups -OCH3 is 1. The van der Waals surface area contributed by atoms with Crippen LogP contribution in [0.15, 0.2) is 53.7 Å². The van der Waals surface area contributed by atoms with Crippen LogP contribution in [-0.4, -0.2) is 38.5 Å². The molecule has 0 aliphatic rings. The second kappa shape index (κ2) is 11.3. The molecule has 1 aromatic heterocycles. The number of benzene rings is 2. The van der Waals surface area contributed by atoms with Crippen molar-refractivity contribution in [2.75, 3.05) is 18.2 Å². The summed E-state index contributed by atoms with van der Waals surface area (Å²) in [6, 6.07) is 13.8. The predicted octanol–water partition coefficient (Wildman–Crippen LogP) is 4.12. The Labute approximate surface area is 190 Å². The second-order valence-corrected chi connectivity index (χ2v) is 7.93. The first-order valence-corrected chi connectivity index (χ1v) is 11.2. The Morgan fingerprint density at radius 3 is 2.47 bits per heavy atom. The van der Waals surface area contributed by atoms with Crippen LogP contribution >= 0.6 is 11.8 Å². The van der Waals surface area contributed by atoms with Crippen LogP contribution < -0.4 is 10.1 Å². The smallest absolute Gasteiger partial charge is 0.269 e. The number of nitrogens with one attached hydrogen (secondary N) is 1. The molecule has 0 aliphatic heterocycles. The molecule has 0 radical (unpaired) electrons. The van der Waals surface area contributed by atoms with Crippen LogP contribution in [0.2, 0.25) is 0 Å². The number of anilines is 1. The molecule has 0 spiro atoms. The number of ether oxygens (including phenoxy) is 1. The van der Waals surface area contributed by atoms with Gasteiger partial charge in [0.1, 0.15) is 11.6 Å². The van der Waals surface area contributed by atoms with Gasteiger partial charge in [-0.2, -0.15) is 0 Å². The van der Waals surface area contributed by atoms with Crippen LogP contribution in [0.3, 0.4) is 0 Å². The maximum Gasteiger partial charge on any atom is 0.269 e. The molecular formula is C22H25N5O4S. The van der Waals surface area contributed by atoms with Gasteiger partial charge in [-0.05, 0) is 49.6 Å². The van der Waals surface area contributed by atoms with Crippen LogP contribution in [0, 0.1) is 10.1 Å². The molecular weight excluding hydrogens is 430 g/mol. The van der Waals surface area contributed by atoms with Crippen molar-refractivity contribution in [1.29, 1.82) is 0 Å². The summed E-state index contributed by atoms with van der Waals surface area (Å²) in [5.74, 6) is 1.70. The first kappa shape index (κ1) is 23.3. The number of hydrogen-bond donors (Lipinski definition) is 1. The summed E-state index contributed by atoms with van der Waals surface area (Å²) < 4.78 is 7.21. The molecule has 0 bridgehead atoms.